The monoisotopic (exact) mass is 351 g/mol. The molecular weight excluding hydrogens is 330 g/mol. The van der Waals surface area contributed by atoms with E-state index in [-0.39, 0.29) is 5.91 Å². The number of para-hydroxylation sites is 1. The Bertz CT molecular complexity index is 826. The molecule has 0 fully saturated rings. The molecule has 0 bridgehead atoms. The largest absolute Gasteiger partial charge is 0.332 e. The molecule has 0 saturated heterocycles. The second-order valence-corrected chi connectivity index (χ2v) is 7.11. The molecule has 0 saturated carbocycles. The van der Waals surface area contributed by atoms with E-state index < -0.39 is 0 Å². The van der Waals surface area contributed by atoms with Gasteiger partial charge in [0.15, 0.2) is 5.13 Å². The van der Waals surface area contributed by atoms with Crippen LogP contribution < -0.4 is 10.6 Å². The highest BCUT2D eigenvalue weighted by Gasteiger charge is 2.07. The van der Waals surface area contributed by atoms with E-state index in [1.807, 2.05) is 73.8 Å². The van der Waals surface area contributed by atoms with E-state index in [0.29, 0.717) is 12.3 Å². The summed E-state index contributed by atoms with van der Waals surface area (Å²) in [5, 5.41) is 9.10. The fourth-order valence-electron chi connectivity index (χ4n) is 2.42. The van der Waals surface area contributed by atoms with Crippen LogP contribution >= 0.6 is 11.3 Å². The number of carbonyl (C=O) groups is 1. The molecule has 0 aliphatic rings. The highest BCUT2D eigenvalue weighted by Crippen LogP contribution is 2.28. The minimum atomic E-state index is 0.0470. The Morgan fingerprint density at radius 2 is 1.76 bits per heavy atom. The first-order valence-corrected chi connectivity index (χ1v) is 9.16. The Labute approximate surface area is 151 Å². The summed E-state index contributed by atoms with van der Waals surface area (Å²) >= 11 is 1.57. The first kappa shape index (κ1) is 17.2. The van der Waals surface area contributed by atoms with Crippen molar-refractivity contribution < 1.29 is 4.79 Å². The molecule has 1 amide bonds. The van der Waals surface area contributed by atoms with E-state index in [9.17, 15) is 4.79 Å². The van der Waals surface area contributed by atoms with Crippen molar-refractivity contribution in [1.29, 1.82) is 0 Å². The van der Waals surface area contributed by atoms with Crippen molar-refractivity contribution in [3.63, 3.8) is 0 Å². The van der Waals surface area contributed by atoms with Gasteiger partial charge in [0.05, 0.1) is 5.69 Å². The molecule has 2 N–H and O–H groups in total. The average Bonchev–Trinajstić information content (AvgIpc) is 3.04. The Hall–Kier alpha value is -2.66. The molecule has 1 heterocycles. The number of carbonyl (C=O) groups excluding carboxylic acids is 1. The van der Waals surface area contributed by atoms with Gasteiger partial charge in [-0.15, -0.1) is 11.3 Å². The molecule has 0 aliphatic carbocycles. The van der Waals surface area contributed by atoms with E-state index in [0.717, 1.165) is 27.8 Å². The van der Waals surface area contributed by atoms with Crippen molar-refractivity contribution in [2.75, 3.05) is 10.6 Å². The standard InChI is InChI=1S/C20H21N3OS/c1-14(2)12-19(24)21-17-10-8-15(9-11-17)18-13-25-20(23-18)22-16-6-4-3-5-7-16/h3-11,13-14H,12H2,1-2H3,(H,21,24)(H,22,23). The molecule has 128 valence electrons. The van der Waals surface area contributed by atoms with E-state index in [1.165, 1.54) is 0 Å². The fourth-order valence-corrected chi connectivity index (χ4v) is 3.16. The molecule has 3 aromatic rings. The first-order valence-electron chi connectivity index (χ1n) is 8.28. The van der Waals surface area contributed by atoms with Gasteiger partial charge >= 0.3 is 0 Å². The molecule has 0 spiro atoms. The van der Waals surface area contributed by atoms with Crippen molar-refractivity contribution >= 4 is 33.8 Å². The van der Waals surface area contributed by atoms with Gasteiger partial charge in [-0.3, -0.25) is 4.79 Å². The van der Waals surface area contributed by atoms with Crippen LogP contribution in [0.1, 0.15) is 20.3 Å². The number of hydrogen-bond acceptors (Lipinski definition) is 4. The first-order chi connectivity index (χ1) is 12.1. The van der Waals surface area contributed by atoms with Crippen molar-refractivity contribution in [3.05, 3.63) is 60.0 Å². The van der Waals surface area contributed by atoms with Crippen LogP contribution in [-0.2, 0) is 4.79 Å². The topological polar surface area (TPSA) is 54.0 Å². The maximum atomic E-state index is 11.8. The number of nitrogens with one attached hydrogen (secondary N) is 2. The Balaban J connectivity index is 1.65. The summed E-state index contributed by atoms with van der Waals surface area (Å²) in [4.78, 5) is 16.5. The summed E-state index contributed by atoms with van der Waals surface area (Å²) in [6, 6.07) is 17.8. The van der Waals surface area contributed by atoms with Gasteiger partial charge in [-0.2, -0.15) is 0 Å². The highest BCUT2D eigenvalue weighted by atomic mass is 32.1. The Morgan fingerprint density at radius 3 is 2.44 bits per heavy atom. The summed E-state index contributed by atoms with van der Waals surface area (Å²) in [6.45, 7) is 4.07. The Morgan fingerprint density at radius 1 is 1.04 bits per heavy atom. The summed E-state index contributed by atoms with van der Waals surface area (Å²) in [6.07, 6.45) is 0.530. The lowest BCUT2D eigenvalue weighted by molar-refractivity contribution is -0.116. The zero-order valence-corrected chi connectivity index (χ0v) is 15.1. The third-order valence-corrected chi connectivity index (χ3v) is 4.35. The number of nitrogens with zero attached hydrogens (tertiary/aromatic N) is 1. The zero-order chi connectivity index (χ0) is 17.6. The number of hydrogen-bond donors (Lipinski definition) is 2. The van der Waals surface area contributed by atoms with Gasteiger partial charge in [0, 0.05) is 28.7 Å². The predicted molar refractivity (Wildman–Crippen MR) is 105 cm³/mol. The quantitative estimate of drug-likeness (QED) is 0.613. The van der Waals surface area contributed by atoms with Crippen LogP contribution in [0.3, 0.4) is 0 Å². The predicted octanol–water partition coefficient (Wildman–Crippen LogP) is 5.54. The summed E-state index contributed by atoms with van der Waals surface area (Å²) in [5.74, 6) is 0.399. The van der Waals surface area contributed by atoms with Crippen LogP contribution in [0, 0.1) is 5.92 Å². The lowest BCUT2D eigenvalue weighted by atomic mass is 10.1. The van der Waals surface area contributed by atoms with Crippen molar-refractivity contribution in [2.24, 2.45) is 5.92 Å². The molecule has 3 rings (SSSR count). The summed E-state index contributed by atoms with van der Waals surface area (Å²) in [5.41, 5.74) is 3.78. The van der Waals surface area contributed by atoms with Crippen molar-refractivity contribution in [3.8, 4) is 11.3 Å². The third kappa shape index (κ3) is 4.90. The molecule has 0 atom stereocenters. The fraction of sp³-hybridized carbons (Fsp3) is 0.200. The molecule has 0 radical (unpaired) electrons. The van der Waals surface area contributed by atoms with Crippen LogP contribution in [0.5, 0.6) is 0 Å². The van der Waals surface area contributed by atoms with Crippen LogP contribution in [-0.4, -0.2) is 10.9 Å². The van der Waals surface area contributed by atoms with Crippen LogP contribution in [0.25, 0.3) is 11.3 Å². The smallest absolute Gasteiger partial charge is 0.224 e. The van der Waals surface area contributed by atoms with Gasteiger partial charge in [-0.25, -0.2) is 4.98 Å². The third-order valence-electron chi connectivity index (χ3n) is 3.59. The minimum absolute atomic E-state index is 0.0470. The molecule has 2 aromatic carbocycles. The van der Waals surface area contributed by atoms with Gasteiger partial charge < -0.3 is 10.6 Å². The van der Waals surface area contributed by atoms with Crippen molar-refractivity contribution in [1.82, 2.24) is 4.98 Å². The average molecular weight is 351 g/mol. The van der Waals surface area contributed by atoms with E-state index in [4.69, 9.17) is 0 Å². The minimum Gasteiger partial charge on any atom is -0.332 e. The van der Waals surface area contributed by atoms with Gasteiger partial charge in [0.2, 0.25) is 5.91 Å². The van der Waals surface area contributed by atoms with Gasteiger partial charge in [0.25, 0.3) is 0 Å². The number of rotatable bonds is 6. The van der Waals surface area contributed by atoms with E-state index in [1.54, 1.807) is 11.3 Å². The summed E-state index contributed by atoms with van der Waals surface area (Å²) in [7, 11) is 0. The molecule has 0 unspecified atom stereocenters. The zero-order valence-electron chi connectivity index (χ0n) is 14.3. The van der Waals surface area contributed by atoms with E-state index in [2.05, 4.69) is 15.6 Å². The second-order valence-electron chi connectivity index (χ2n) is 6.25. The number of thiazole rings is 1. The lowest BCUT2D eigenvalue weighted by Gasteiger charge is -2.07. The van der Waals surface area contributed by atoms with Gasteiger partial charge in [0.1, 0.15) is 0 Å². The normalized spacial score (nSPS) is 10.7. The second kappa shape index (κ2) is 7.94. The number of aromatic nitrogens is 1. The number of amides is 1. The molecule has 25 heavy (non-hydrogen) atoms. The van der Waals surface area contributed by atoms with Crippen LogP contribution in [0.15, 0.2) is 60.0 Å². The van der Waals surface area contributed by atoms with Gasteiger partial charge in [-0.05, 0) is 30.2 Å². The Kier molecular flexibility index (Phi) is 5.46. The summed E-state index contributed by atoms with van der Waals surface area (Å²) < 4.78 is 0. The molecular formula is C20H21N3OS. The van der Waals surface area contributed by atoms with Gasteiger partial charge in [-0.1, -0.05) is 44.2 Å². The highest BCUT2D eigenvalue weighted by molar-refractivity contribution is 7.14. The van der Waals surface area contributed by atoms with Crippen molar-refractivity contribution in [2.45, 2.75) is 20.3 Å². The molecule has 5 heteroatoms. The number of benzene rings is 2. The maximum absolute atomic E-state index is 11.8. The SMILES string of the molecule is CC(C)CC(=O)Nc1ccc(-c2csc(Nc3ccccc3)n2)cc1. The molecule has 0 aliphatic heterocycles. The van der Waals surface area contributed by atoms with Crippen LogP contribution in [0.2, 0.25) is 0 Å². The lowest BCUT2D eigenvalue weighted by Crippen LogP contribution is -2.13. The molecule has 4 nitrogen and oxygen atoms in total. The molecule has 1 aromatic heterocycles. The van der Waals surface area contributed by atoms with Crippen LogP contribution in [0.4, 0.5) is 16.5 Å². The number of anilines is 3. The maximum Gasteiger partial charge on any atom is 0.224 e. The van der Waals surface area contributed by atoms with E-state index >= 15 is 0 Å².